The maximum Gasteiger partial charge on any atom is 0.406 e. The van der Waals surface area contributed by atoms with Gasteiger partial charge in [0.05, 0.1) is 23.1 Å². The number of likely N-dealkylation sites (tertiary alicyclic amines) is 2. The molecule has 4 rings (SSSR count). The number of halogens is 3. The number of nitrogens with zero attached hydrogens (tertiary/aromatic N) is 4. The van der Waals surface area contributed by atoms with E-state index < -0.39 is 24.7 Å². The summed E-state index contributed by atoms with van der Waals surface area (Å²) in [6.45, 7) is 4.55. The van der Waals surface area contributed by atoms with Crippen LogP contribution in [0.1, 0.15) is 38.1 Å². The number of amides is 1. The minimum atomic E-state index is -4.34. The summed E-state index contributed by atoms with van der Waals surface area (Å²) >= 11 is 0. The summed E-state index contributed by atoms with van der Waals surface area (Å²) in [6, 6.07) is 7.74. The predicted molar refractivity (Wildman–Crippen MR) is 95.5 cm³/mol. The molecule has 1 amide bonds. The SMILES string of the molecule is CC(C)c1nc2ccccc2n1C1CN(C2CCN(CC(F)(F)F)C2=O)C1. The van der Waals surface area contributed by atoms with E-state index >= 15 is 0 Å². The Labute approximate surface area is 155 Å². The largest absolute Gasteiger partial charge is 0.406 e. The van der Waals surface area contributed by atoms with Crippen LogP contribution in [-0.2, 0) is 4.79 Å². The molecule has 3 heterocycles. The quantitative estimate of drug-likeness (QED) is 0.818. The molecule has 0 radical (unpaired) electrons. The average molecular weight is 380 g/mol. The van der Waals surface area contributed by atoms with E-state index in [1.807, 2.05) is 29.2 Å². The third-order valence-electron chi connectivity index (χ3n) is 5.48. The van der Waals surface area contributed by atoms with E-state index in [1.54, 1.807) is 0 Å². The number of alkyl halides is 3. The van der Waals surface area contributed by atoms with Crippen LogP contribution < -0.4 is 0 Å². The molecule has 2 saturated heterocycles. The van der Waals surface area contributed by atoms with Crippen LogP contribution in [0.15, 0.2) is 24.3 Å². The van der Waals surface area contributed by atoms with Crippen molar-refractivity contribution in [2.75, 3.05) is 26.2 Å². The molecule has 0 N–H and O–H groups in total. The van der Waals surface area contributed by atoms with Gasteiger partial charge < -0.3 is 9.47 Å². The average Bonchev–Trinajstić information content (AvgIpc) is 3.08. The molecule has 0 bridgehead atoms. The van der Waals surface area contributed by atoms with Crippen LogP contribution in [0.4, 0.5) is 13.2 Å². The number of benzene rings is 1. The number of hydrogen-bond acceptors (Lipinski definition) is 3. The molecule has 0 spiro atoms. The molecule has 1 aromatic heterocycles. The van der Waals surface area contributed by atoms with Gasteiger partial charge in [0, 0.05) is 25.6 Å². The zero-order valence-corrected chi connectivity index (χ0v) is 15.4. The smallest absolute Gasteiger partial charge is 0.332 e. The van der Waals surface area contributed by atoms with E-state index in [4.69, 9.17) is 4.98 Å². The number of aromatic nitrogens is 2. The number of para-hydroxylation sites is 2. The molecule has 2 aromatic rings. The van der Waals surface area contributed by atoms with Gasteiger partial charge in [0.15, 0.2) is 0 Å². The fraction of sp³-hybridized carbons (Fsp3) is 0.579. The molecule has 8 heteroatoms. The van der Waals surface area contributed by atoms with Gasteiger partial charge in [-0.3, -0.25) is 9.69 Å². The van der Waals surface area contributed by atoms with Crippen LogP contribution in [0.25, 0.3) is 11.0 Å². The molecule has 1 atom stereocenters. The molecule has 27 heavy (non-hydrogen) atoms. The Kier molecular flexibility index (Phi) is 4.41. The van der Waals surface area contributed by atoms with Crippen LogP contribution in [0.2, 0.25) is 0 Å². The van der Waals surface area contributed by atoms with Crippen LogP contribution in [0.5, 0.6) is 0 Å². The van der Waals surface area contributed by atoms with Crippen molar-refractivity contribution < 1.29 is 18.0 Å². The maximum absolute atomic E-state index is 12.6. The van der Waals surface area contributed by atoms with Gasteiger partial charge in [-0.2, -0.15) is 13.2 Å². The monoisotopic (exact) mass is 380 g/mol. The van der Waals surface area contributed by atoms with Crippen LogP contribution in [-0.4, -0.2) is 63.7 Å². The van der Waals surface area contributed by atoms with Crippen molar-refractivity contribution in [1.29, 1.82) is 0 Å². The number of imidazole rings is 1. The highest BCUT2D eigenvalue weighted by Crippen LogP contribution is 2.34. The number of rotatable bonds is 4. The van der Waals surface area contributed by atoms with E-state index in [0.29, 0.717) is 19.5 Å². The maximum atomic E-state index is 12.6. The second-order valence-corrected chi connectivity index (χ2v) is 7.77. The van der Waals surface area contributed by atoms with Gasteiger partial charge in [-0.05, 0) is 18.6 Å². The Morgan fingerprint density at radius 1 is 1.22 bits per heavy atom. The summed E-state index contributed by atoms with van der Waals surface area (Å²) in [5.74, 6) is 0.879. The van der Waals surface area contributed by atoms with Crippen molar-refractivity contribution in [3.63, 3.8) is 0 Å². The molecule has 1 aromatic carbocycles. The van der Waals surface area contributed by atoms with Gasteiger partial charge in [-0.25, -0.2) is 4.98 Å². The zero-order valence-electron chi connectivity index (χ0n) is 15.4. The highest BCUT2D eigenvalue weighted by atomic mass is 19.4. The van der Waals surface area contributed by atoms with Gasteiger partial charge in [-0.15, -0.1) is 0 Å². The summed E-state index contributed by atoms with van der Waals surface area (Å²) < 4.78 is 40.0. The molecule has 146 valence electrons. The van der Waals surface area contributed by atoms with Crippen LogP contribution >= 0.6 is 0 Å². The molecule has 1 unspecified atom stereocenters. The lowest BCUT2D eigenvalue weighted by molar-refractivity contribution is -0.159. The zero-order chi connectivity index (χ0) is 19.3. The molecule has 2 fully saturated rings. The Balaban J connectivity index is 1.48. The highest BCUT2D eigenvalue weighted by molar-refractivity contribution is 5.84. The van der Waals surface area contributed by atoms with E-state index in [2.05, 4.69) is 18.4 Å². The predicted octanol–water partition coefficient (Wildman–Crippen LogP) is 3.18. The summed E-state index contributed by atoms with van der Waals surface area (Å²) in [6.07, 6.45) is -3.88. The van der Waals surface area contributed by atoms with Gasteiger partial charge in [0.1, 0.15) is 12.4 Å². The highest BCUT2D eigenvalue weighted by Gasteiger charge is 2.45. The Hall–Kier alpha value is -2.09. The fourth-order valence-electron chi connectivity index (χ4n) is 4.19. The second-order valence-electron chi connectivity index (χ2n) is 7.77. The van der Waals surface area contributed by atoms with Crippen molar-refractivity contribution in [2.24, 2.45) is 0 Å². The minimum absolute atomic E-state index is 0.176. The van der Waals surface area contributed by atoms with Crippen molar-refractivity contribution in [1.82, 2.24) is 19.4 Å². The lowest BCUT2D eigenvalue weighted by Crippen LogP contribution is -2.55. The Bertz CT molecular complexity index is 854. The molecular formula is C19H23F3N4O. The van der Waals surface area contributed by atoms with E-state index in [9.17, 15) is 18.0 Å². The first-order chi connectivity index (χ1) is 12.7. The molecule has 2 aliphatic rings. The summed E-state index contributed by atoms with van der Waals surface area (Å²) in [5.41, 5.74) is 2.02. The molecule has 0 aliphatic carbocycles. The number of carbonyl (C=O) groups excluding carboxylic acids is 1. The van der Waals surface area contributed by atoms with Gasteiger partial charge in [0.2, 0.25) is 5.91 Å². The lowest BCUT2D eigenvalue weighted by Gasteiger charge is -2.43. The third-order valence-corrected chi connectivity index (χ3v) is 5.48. The molecular weight excluding hydrogens is 357 g/mol. The van der Waals surface area contributed by atoms with Crippen molar-refractivity contribution in [3.8, 4) is 0 Å². The van der Waals surface area contributed by atoms with Gasteiger partial charge in [0.25, 0.3) is 0 Å². The first-order valence-electron chi connectivity index (χ1n) is 9.31. The third kappa shape index (κ3) is 3.31. The normalized spacial score (nSPS) is 22.2. The fourth-order valence-corrected chi connectivity index (χ4v) is 4.19. The van der Waals surface area contributed by atoms with E-state index in [0.717, 1.165) is 21.8 Å². The summed E-state index contributed by atoms with van der Waals surface area (Å²) in [5, 5.41) is 0. The second kappa shape index (κ2) is 6.51. The molecule has 2 aliphatic heterocycles. The van der Waals surface area contributed by atoms with Crippen molar-refractivity contribution >= 4 is 16.9 Å². The van der Waals surface area contributed by atoms with Crippen LogP contribution in [0, 0.1) is 0 Å². The van der Waals surface area contributed by atoms with Crippen molar-refractivity contribution in [2.45, 2.75) is 44.4 Å². The van der Waals surface area contributed by atoms with Gasteiger partial charge in [-0.1, -0.05) is 26.0 Å². The lowest BCUT2D eigenvalue weighted by atomic mass is 10.0. The van der Waals surface area contributed by atoms with Gasteiger partial charge >= 0.3 is 6.18 Å². The first kappa shape index (κ1) is 18.3. The van der Waals surface area contributed by atoms with Crippen molar-refractivity contribution in [3.05, 3.63) is 30.1 Å². The summed E-state index contributed by atoms with van der Waals surface area (Å²) in [4.78, 5) is 20.0. The van der Waals surface area contributed by atoms with E-state index in [1.165, 1.54) is 0 Å². The molecule has 0 saturated carbocycles. The number of hydrogen-bond donors (Lipinski definition) is 0. The number of carbonyl (C=O) groups is 1. The standard InChI is InChI=1S/C19H23F3N4O/c1-12(2)17-23-14-5-3-4-6-15(14)26(17)13-9-25(10-13)16-7-8-24(18(16)27)11-19(20,21)22/h3-6,12-13,16H,7-11H2,1-2H3. The van der Waals surface area contributed by atoms with Crippen LogP contribution in [0.3, 0.4) is 0 Å². The summed E-state index contributed by atoms with van der Waals surface area (Å²) in [7, 11) is 0. The minimum Gasteiger partial charge on any atom is -0.332 e. The Morgan fingerprint density at radius 2 is 1.93 bits per heavy atom. The first-order valence-corrected chi connectivity index (χ1v) is 9.31. The topological polar surface area (TPSA) is 41.4 Å². The number of fused-ring (bicyclic) bond motifs is 1. The van der Waals surface area contributed by atoms with E-state index in [-0.39, 0.29) is 18.5 Å². The molecule has 5 nitrogen and oxygen atoms in total. The Morgan fingerprint density at radius 3 is 2.59 bits per heavy atom.